The maximum Gasteiger partial charge on any atom is 0.307 e. The Hall–Kier alpha value is -1.46. The summed E-state index contributed by atoms with van der Waals surface area (Å²) in [6.45, 7) is 1.93. The van der Waals surface area contributed by atoms with E-state index in [0.717, 1.165) is 5.56 Å². The Kier molecular flexibility index (Phi) is 7.26. The number of esters is 1. The maximum atomic E-state index is 11.3. The number of nitrogens with two attached hydrogens (primary N) is 1. The molecular formula is C13H20ClNO4. The molecule has 1 aromatic rings. The van der Waals surface area contributed by atoms with Crippen molar-refractivity contribution in [1.82, 2.24) is 0 Å². The van der Waals surface area contributed by atoms with Crippen LogP contribution in [0.15, 0.2) is 12.1 Å². The highest BCUT2D eigenvalue weighted by Crippen LogP contribution is 2.35. The van der Waals surface area contributed by atoms with Gasteiger partial charge in [-0.1, -0.05) is 0 Å². The van der Waals surface area contributed by atoms with Crippen molar-refractivity contribution in [2.75, 3.05) is 21.3 Å². The molecule has 0 radical (unpaired) electrons. The largest absolute Gasteiger partial charge is 0.496 e. The van der Waals surface area contributed by atoms with Crippen molar-refractivity contribution in [3.05, 3.63) is 23.3 Å². The minimum absolute atomic E-state index is 0. The minimum Gasteiger partial charge on any atom is -0.496 e. The highest BCUT2D eigenvalue weighted by atomic mass is 35.5. The highest BCUT2D eigenvalue weighted by Gasteiger charge is 2.21. The maximum absolute atomic E-state index is 11.3. The Bertz CT molecular complexity index is 412. The third kappa shape index (κ3) is 4.29. The standard InChI is InChI=1S/C13H19NO4.ClH/c1-8-5-10(16-2)13(11(6-8)17-3)9(14)7-12(15)18-4;/h5-6,9H,7,14H2,1-4H3;1H/t9-;/m1./s1. The molecule has 6 heteroatoms. The molecule has 0 saturated carbocycles. The number of hydrogen-bond acceptors (Lipinski definition) is 5. The smallest absolute Gasteiger partial charge is 0.307 e. The highest BCUT2D eigenvalue weighted by molar-refractivity contribution is 5.85. The number of carbonyl (C=O) groups is 1. The van der Waals surface area contributed by atoms with Crippen molar-refractivity contribution in [1.29, 1.82) is 0 Å². The molecule has 0 spiro atoms. The normalized spacial score (nSPS) is 11.2. The first-order valence-corrected chi connectivity index (χ1v) is 5.58. The van der Waals surface area contributed by atoms with Gasteiger partial charge in [0.25, 0.3) is 0 Å². The van der Waals surface area contributed by atoms with E-state index in [2.05, 4.69) is 4.74 Å². The number of aryl methyl sites for hydroxylation is 1. The zero-order chi connectivity index (χ0) is 13.7. The van der Waals surface area contributed by atoms with Gasteiger partial charge in [0.15, 0.2) is 0 Å². The first-order chi connectivity index (χ1) is 8.53. The molecular weight excluding hydrogens is 270 g/mol. The third-order valence-corrected chi connectivity index (χ3v) is 2.67. The summed E-state index contributed by atoms with van der Waals surface area (Å²) in [7, 11) is 4.45. The first-order valence-electron chi connectivity index (χ1n) is 5.58. The van der Waals surface area contributed by atoms with Crippen LogP contribution in [0.25, 0.3) is 0 Å². The van der Waals surface area contributed by atoms with Crippen molar-refractivity contribution in [3.63, 3.8) is 0 Å². The summed E-state index contributed by atoms with van der Waals surface area (Å²) in [5.41, 5.74) is 7.69. The van der Waals surface area contributed by atoms with Crippen molar-refractivity contribution in [2.24, 2.45) is 5.73 Å². The Morgan fingerprint density at radius 2 is 1.68 bits per heavy atom. The second-order valence-corrected chi connectivity index (χ2v) is 3.97. The van der Waals surface area contributed by atoms with Crippen LogP contribution in [0.2, 0.25) is 0 Å². The van der Waals surface area contributed by atoms with Crippen molar-refractivity contribution in [2.45, 2.75) is 19.4 Å². The Labute approximate surface area is 119 Å². The van der Waals surface area contributed by atoms with Crippen molar-refractivity contribution >= 4 is 18.4 Å². The van der Waals surface area contributed by atoms with E-state index in [1.165, 1.54) is 7.11 Å². The van der Waals surface area contributed by atoms with Crippen LogP contribution in [-0.2, 0) is 9.53 Å². The number of ether oxygens (including phenoxy) is 3. The predicted octanol–water partition coefficient (Wildman–Crippen LogP) is 2.00. The van der Waals surface area contributed by atoms with Gasteiger partial charge >= 0.3 is 5.97 Å². The Morgan fingerprint density at radius 3 is 2.05 bits per heavy atom. The second kappa shape index (κ2) is 7.86. The van der Waals surface area contributed by atoms with Gasteiger partial charge < -0.3 is 19.9 Å². The van der Waals surface area contributed by atoms with Gasteiger partial charge in [0.1, 0.15) is 11.5 Å². The lowest BCUT2D eigenvalue weighted by atomic mass is 10.0. The molecule has 1 aromatic carbocycles. The monoisotopic (exact) mass is 289 g/mol. The lowest BCUT2D eigenvalue weighted by Gasteiger charge is -2.19. The molecule has 0 amide bonds. The van der Waals surface area contributed by atoms with E-state index in [1.807, 2.05) is 19.1 Å². The molecule has 0 fully saturated rings. The molecule has 108 valence electrons. The number of hydrogen-bond donors (Lipinski definition) is 1. The van der Waals surface area contributed by atoms with Crippen molar-refractivity contribution < 1.29 is 19.0 Å². The van der Waals surface area contributed by atoms with Crippen LogP contribution < -0.4 is 15.2 Å². The molecule has 2 N–H and O–H groups in total. The molecule has 0 bridgehead atoms. The fourth-order valence-electron chi connectivity index (χ4n) is 1.80. The average molecular weight is 290 g/mol. The predicted molar refractivity (Wildman–Crippen MR) is 75.1 cm³/mol. The summed E-state index contributed by atoms with van der Waals surface area (Å²) in [5.74, 6) is 0.860. The summed E-state index contributed by atoms with van der Waals surface area (Å²) in [5, 5.41) is 0. The van der Waals surface area contributed by atoms with Crippen molar-refractivity contribution in [3.8, 4) is 11.5 Å². The van der Waals surface area contributed by atoms with Crippen LogP contribution in [0.4, 0.5) is 0 Å². The lowest BCUT2D eigenvalue weighted by molar-refractivity contribution is -0.141. The Balaban J connectivity index is 0.00000324. The molecule has 0 heterocycles. The lowest BCUT2D eigenvalue weighted by Crippen LogP contribution is -2.18. The number of methoxy groups -OCH3 is 3. The SMILES string of the molecule is COC(=O)C[C@@H](N)c1c(OC)cc(C)cc1OC.Cl. The topological polar surface area (TPSA) is 70.8 Å². The summed E-state index contributed by atoms with van der Waals surface area (Å²) in [6, 6.07) is 3.19. The van der Waals surface area contributed by atoms with Crippen LogP contribution >= 0.6 is 12.4 Å². The molecule has 0 saturated heterocycles. The fraction of sp³-hybridized carbons (Fsp3) is 0.462. The molecule has 0 aliphatic rings. The van der Waals surface area contributed by atoms with E-state index in [0.29, 0.717) is 17.1 Å². The molecule has 19 heavy (non-hydrogen) atoms. The third-order valence-electron chi connectivity index (χ3n) is 2.67. The van der Waals surface area contributed by atoms with E-state index >= 15 is 0 Å². The van der Waals surface area contributed by atoms with Crippen LogP contribution in [0, 0.1) is 6.92 Å². The molecule has 0 aromatic heterocycles. The molecule has 0 unspecified atom stereocenters. The summed E-state index contributed by atoms with van der Waals surface area (Å²) >= 11 is 0. The molecule has 1 atom stereocenters. The van der Waals surface area contributed by atoms with E-state index in [-0.39, 0.29) is 24.8 Å². The van der Waals surface area contributed by atoms with Gasteiger partial charge in [0.2, 0.25) is 0 Å². The summed E-state index contributed by atoms with van der Waals surface area (Å²) in [4.78, 5) is 11.3. The van der Waals surface area contributed by atoms with Gasteiger partial charge in [-0.2, -0.15) is 0 Å². The second-order valence-electron chi connectivity index (χ2n) is 3.97. The van der Waals surface area contributed by atoms with E-state index < -0.39 is 6.04 Å². The van der Waals surface area contributed by atoms with Gasteiger partial charge in [0.05, 0.1) is 33.3 Å². The van der Waals surface area contributed by atoms with Crippen LogP contribution in [-0.4, -0.2) is 27.3 Å². The fourth-order valence-corrected chi connectivity index (χ4v) is 1.80. The number of benzene rings is 1. The quantitative estimate of drug-likeness (QED) is 0.840. The zero-order valence-corrected chi connectivity index (χ0v) is 12.4. The van der Waals surface area contributed by atoms with Crippen LogP contribution in [0.5, 0.6) is 11.5 Å². The number of rotatable bonds is 5. The van der Waals surface area contributed by atoms with E-state index in [9.17, 15) is 4.79 Å². The molecule has 5 nitrogen and oxygen atoms in total. The van der Waals surface area contributed by atoms with Gasteiger partial charge in [-0.05, 0) is 24.6 Å². The average Bonchev–Trinajstić information content (AvgIpc) is 2.36. The first kappa shape index (κ1) is 17.5. The molecule has 0 aliphatic carbocycles. The summed E-state index contributed by atoms with van der Waals surface area (Å²) < 4.78 is 15.2. The van der Waals surface area contributed by atoms with Gasteiger partial charge in [0, 0.05) is 6.04 Å². The molecule has 0 aliphatic heterocycles. The summed E-state index contributed by atoms with van der Waals surface area (Å²) in [6.07, 6.45) is 0.0757. The van der Waals surface area contributed by atoms with Gasteiger partial charge in [-0.25, -0.2) is 0 Å². The van der Waals surface area contributed by atoms with Gasteiger partial charge in [-0.15, -0.1) is 12.4 Å². The van der Waals surface area contributed by atoms with Crippen LogP contribution in [0.1, 0.15) is 23.6 Å². The number of halogens is 1. The number of carbonyl (C=O) groups excluding carboxylic acids is 1. The van der Waals surface area contributed by atoms with Crippen LogP contribution in [0.3, 0.4) is 0 Å². The zero-order valence-electron chi connectivity index (χ0n) is 11.6. The Morgan fingerprint density at radius 1 is 1.21 bits per heavy atom. The minimum atomic E-state index is -0.525. The van der Waals surface area contributed by atoms with E-state index in [4.69, 9.17) is 15.2 Å². The molecule has 1 rings (SSSR count). The van der Waals surface area contributed by atoms with E-state index in [1.54, 1.807) is 14.2 Å². The van der Waals surface area contributed by atoms with Gasteiger partial charge in [-0.3, -0.25) is 4.79 Å².